The van der Waals surface area contributed by atoms with Crippen molar-refractivity contribution < 1.29 is 0 Å². The van der Waals surface area contributed by atoms with Crippen LogP contribution in [-0.4, -0.2) is 10.7 Å². The normalized spacial score (nSPS) is 11.7. The van der Waals surface area contributed by atoms with Gasteiger partial charge in [-0.25, -0.2) is 0 Å². The molecule has 2 aromatic rings. The van der Waals surface area contributed by atoms with E-state index in [1.807, 2.05) is 11.3 Å². The van der Waals surface area contributed by atoms with Gasteiger partial charge in [-0.15, -0.1) is 11.3 Å². The molecule has 18 heavy (non-hydrogen) atoms. The van der Waals surface area contributed by atoms with Crippen molar-refractivity contribution in [3.05, 3.63) is 56.7 Å². The molecule has 0 atom stereocenters. The third kappa shape index (κ3) is 3.09. The average molecular weight is 453 g/mol. The summed E-state index contributed by atoms with van der Waals surface area (Å²) in [6.45, 7) is 0. The van der Waals surface area contributed by atoms with E-state index in [-0.39, 0.29) is 5.41 Å². The Bertz CT molecular complexity index is 489. The van der Waals surface area contributed by atoms with Crippen LogP contribution >= 0.6 is 59.1 Å². The molecule has 0 bridgehead atoms. The van der Waals surface area contributed by atoms with E-state index < -0.39 is 0 Å². The van der Waals surface area contributed by atoms with Crippen molar-refractivity contribution in [2.75, 3.05) is 10.7 Å². The molecule has 0 N–H and O–H groups in total. The molecule has 0 fully saturated rings. The first-order valence-corrected chi connectivity index (χ1v) is 9.53. The Balaban J connectivity index is 2.36. The van der Waals surface area contributed by atoms with Gasteiger partial charge in [0.1, 0.15) is 0 Å². The Labute approximate surface area is 137 Å². The van der Waals surface area contributed by atoms with Crippen LogP contribution in [0.3, 0.4) is 0 Å². The number of hydrogen-bond donors (Lipinski definition) is 0. The first-order chi connectivity index (χ1) is 8.72. The van der Waals surface area contributed by atoms with Crippen LogP contribution in [0, 0.1) is 0 Å². The summed E-state index contributed by atoms with van der Waals surface area (Å²) in [5.74, 6) is 0. The van der Waals surface area contributed by atoms with Gasteiger partial charge in [0.2, 0.25) is 0 Å². The summed E-state index contributed by atoms with van der Waals surface area (Å²) < 4.78 is 1.22. The maximum Gasteiger partial charge on any atom is 0.0314 e. The minimum absolute atomic E-state index is 0.106. The number of alkyl halides is 2. The van der Waals surface area contributed by atoms with Crippen LogP contribution in [0.4, 0.5) is 0 Å². The second-order valence-electron chi connectivity index (χ2n) is 4.28. The monoisotopic (exact) mass is 450 g/mol. The predicted molar refractivity (Wildman–Crippen MR) is 91.4 cm³/mol. The van der Waals surface area contributed by atoms with E-state index in [1.54, 1.807) is 0 Å². The summed E-state index contributed by atoms with van der Waals surface area (Å²) in [6, 6.07) is 12.8. The SMILES string of the molecule is BrCC(CBr)(Cc1sccc1Br)c1ccccc1. The van der Waals surface area contributed by atoms with Gasteiger partial charge in [-0.1, -0.05) is 62.2 Å². The Kier molecular flexibility index (Phi) is 5.48. The molecule has 4 heteroatoms. The van der Waals surface area contributed by atoms with E-state index >= 15 is 0 Å². The number of benzene rings is 1. The Morgan fingerprint density at radius 1 is 1.00 bits per heavy atom. The van der Waals surface area contributed by atoms with Gasteiger partial charge >= 0.3 is 0 Å². The first-order valence-electron chi connectivity index (χ1n) is 5.61. The number of rotatable bonds is 5. The van der Waals surface area contributed by atoms with Crippen LogP contribution in [0.25, 0.3) is 0 Å². The van der Waals surface area contributed by atoms with E-state index in [4.69, 9.17) is 0 Å². The molecule has 0 saturated carbocycles. The van der Waals surface area contributed by atoms with Gasteiger partial charge in [0, 0.05) is 25.4 Å². The maximum absolute atomic E-state index is 3.70. The lowest BCUT2D eigenvalue weighted by Gasteiger charge is -2.30. The highest BCUT2D eigenvalue weighted by molar-refractivity contribution is 9.10. The van der Waals surface area contributed by atoms with Gasteiger partial charge in [0.25, 0.3) is 0 Å². The molecule has 0 aliphatic heterocycles. The predicted octanol–water partition coefficient (Wildman–Crippen LogP) is 5.78. The molecule has 0 amide bonds. The highest BCUT2D eigenvalue weighted by atomic mass is 79.9. The molecule has 0 aliphatic rings. The molecule has 0 nitrogen and oxygen atoms in total. The van der Waals surface area contributed by atoms with Gasteiger partial charge in [-0.05, 0) is 39.4 Å². The summed E-state index contributed by atoms with van der Waals surface area (Å²) in [4.78, 5) is 1.40. The van der Waals surface area contributed by atoms with Gasteiger partial charge < -0.3 is 0 Å². The molecule has 0 saturated heterocycles. The third-order valence-electron chi connectivity index (χ3n) is 3.09. The van der Waals surface area contributed by atoms with Crippen LogP contribution in [-0.2, 0) is 11.8 Å². The van der Waals surface area contributed by atoms with Gasteiger partial charge in [0.15, 0.2) is 0 Å². The lowest BCUT2D eigenvalue weighted by Crippen LogP contribution is -2.32. The Hall–Kier alpha value is 0.360. The largest absolute Gasteiger partial charge is 0.148 e. The number of hydrogen-bond acceptors (Lipinski definition) is 1. The summed E-state index contributed by atoms with van der Waals surface area (Å²) in [5, 5.41) is 4.02. The van der Waals surface area contributed by atoms with Crippen molar-refractivity contribution in [1.82, 2.24) is 0 Å². The van der Waals surface area contributed by atoms with Crippen LogP contribution in [0.15, 0.2) is 46.3 Å². The second kappa shape index (κ2) is 6.69. The Morgan fingerprint density at radius 3 is 2.17 bits per heavy atom. The zero-order chi connectivity index (χ0) is 13.0. The lowest BCUT2D eigenvalue weighted by molar-refractivity contribution is 0.555. The van der Waals surface area contributed by atoms with E-state index in [2.05, 4.69) is 89.6 Å². The molecular weight excluding hydrogens is 440 g/mol. The Morgan fingerprint density at radius 2 is 1.67 bits per heavy atom. The van der Waals surface area contributed by atoms with Gasteiger partial charge in [-0.2, -0.15) is 0 Å². The third-order valence-corrected chi connectivity index (χ3v) is 7.16. The highest BCUT2D eigenvalue weighted by Crippen LogP contribution is 2.36. The van der Waals surface area contributed by atoms with E-state index in [1.165, 1.54) is 14.9 Å². The summed E-state index contributed by atoms with van der Waals surface area (Å²) in [5.41, 5.74) is 1.48. The van der Waals surface area contributed by atoms with Crippen LogP contribution in [0.1, 0.15) is 10.4 Å². The van der Waals surface area contributed by atoms with Gasteiger partial charge in [-0.3, -0.25) is 0 Å². The van der Waals surface area contributed by atoms with Crippen molar-refractivity contribution in [3.63, 3.8) is 0 Å². The molecule has 1 aromatic heterocycles. The highest BCUT2D eigenvalue weighted by Gasteiger charge is 2.31. The molecule has 96 valence electrons. The van der Waals surface area contributed by atoms with E-state index in [0.717, 1.165) is 17.1 Å². The quantitative estimate of drug-likeness (QED) is 0.504. The standard InChI is InChI=1S/C14H13Br3S/c15-9-14(10-16,11-4-2-1-3-5-11)8-13-12(17)6-7-18-13/h1-7H,8-10H2. The average Bonchev–Trinajstić information content (AvgIpc) is 2.82. The fourth-order valence-electron chi connectivity index (χ4n) is 1.94. The molecule has 0 spiro atoms. The first kappa shape index (κ1) is 14.8. The molecular formula is C14H13Br3S. The zero-order valence-corrected chi connectivity index (χ0v) is 15.3. The number of halogens is 3. The van der Waals surface area contributed by atoms with Crippen molar-refractivity contribution >= 4 is 59.1 Å². The zero-order valence-electron chi connectivity index (χ0n) is 9.70. The van der Waals surface area contributed by atoms with E-state index in [0.29, 0.717) is 0 Å². The van der Waals surface area contributed by atoms with Crippen molar-refractivity contribution in [2.45, 2.75) is 11.8 Å². The van der Waals surface area contributed by atoms with Gasteiger partial charge in [0.05, 0.1) is 0 Å². The van der Waals surface area contributed by atoms with Crippen molar-refractivity contribution in [1.29, 1.82) is 0 Å². The van der Waals surface area contributed by atoms with Crippen molar-refractivity contribution in [3.8, 4) is 0 Å². The molecule has 0 radical (unpaired) electrons. The molecule has 2 rings (SSSR count). The molecule has 0 aliphatic carbocycles. The topological polar surface area (TPSA) is 0 Å². The lowest BCUT2D eigenvalue weighted by atomic mass is 9.81. The number of thiophene rings is 1. The fourth-order valence-corrected chi connectivity index (χ4v) is 5.55. The van der Waals surface area contributed by atoms with Crippen LogP contribution in [0.5, 0.6) is 0 Å². The maximum atomic E-state index is 3.70. The molecule has 0 unspecified atom stereocenters. The minimum Gasteiger partial charge on any atom is -0.148 e. The fraction of sp³-hybridized carbons (Fsp3) is 0.286. The minimum atomic E-state index is 0.106. The van der Waals surface area contributed by atoms with E-state index in [9.17, 15) is 0 Å². The van der Waals surface area contributed by atoms with Crippen LogP contribution < -0.4 is 0 Å². The molecule has 1 heterocycles. The van der Waals surface area contributed by atoms with Crippen molar-refractivity contribution in [2.24, 2.45) is 0 Å². The summed E-state index contributed by atoms with van der Waals surface area (Å²) >= 11 is 12.8. The summed E-state index contributed by atoms with van der Waals surface area (Å²) in [6.07, 6.45) is 1.03. The summed E-state index contributed by atoms with van der Waals surface area (Å²) in [7, 11) is 0. The molecule has 1 aromatic carbocycles. The second-order valence-corrected chi connectivity index (χ2v) is 7.26. The smallest absolute Gasteiger partial charge is 0.0314 e. The van der Waals surface area contributed by atoms with Crippen LogP contribution in [0.2, 0.25) is 0 Å².